The van der Waals surface area contributed by atoms with Crippen LogP contribution >= 0.6 is 0 Å². The zero-order valence-corrected chi connectivity index (χ0v) is 11.6. The van der Waals surface area contributed by atoms with Gasteiger partial charge < -0.3 is 10.1 Å². The third-order valence-corrected chi connectivity index (χ3v) is 2.98. The van der Waals surface area contributed by atoms with E-state index in [9.17, 15) is 13.6 Å². The van der Waals surface area contributed by atoms with E-state index in [1.54, 1.807) is 6.92 Å². The minimum Gasteiger partial charge on any atom is -0.465 e. The number of rotatable bonds is 4. The monoisotopic (exact) mass is 292 g/mol. The van der Waals surface area contributed by atoms with E-state index in [2.05, 4.69) is 15.0 Å². The van der Waals surface area contributed by atoms with Crippen molar-refractivity contribution < 1.29 is 18.3 Å². The van der Waals surface area contributed by atoms with Gasteiger partial charge in [-0.1, -0.05) is 0 Å². The number of hydrogen-bond acceptors (Lipinski definition) is 4. The Labute approximate surface area is 120 Å². The van der Waals surface area contributed by atoms with Crippen molar-refractivity contribution in [2.45, 2.75) is 13.0 Å². The minimum atomic E-state index is -0.753. The van der Waals surface area contributed by atoms with Crippen LogP contribution in [0.4, 0.5) is 14.5 Å². The lowest BCUT2D eigenvalue weighted by atomic mass is 10.1. The molecule has 0 bridgehead atoms. The molecule has 0 saturated heterocycles. The second-order valence-electron chi connectivity index (χ2n) is 4.49. The van der Waals surface area contributed by atoms with Crippen molar-refractivity contribution in [1.29, 1.82) is 0 Å². The quantitative estimate of drug-likeness (QED) is 0.878. The molecule has 1 N–H and O–H groups in total. The highest BCUT2D eigenvalue weighted by Gasteiger charge is 2.14. The van der Waals surface area contributed by atoms with Crippen LogP contribution in [0.1, 0.15) is 28.9 Å². The number of ether oxygens (including phenoxy) is 1. The molecule has 1 aromatic heterocycles. The van der Waals surface area contributed by atoms with Gasteiger partial charge in [0.05, 0.1) is 24.9 Å². The Hall–Kier alpha value is -2.50. The van der Waals surface area contributed by atoms with E-state index >= 15 is 0 Å². The number of nitrogens with zero attached hydrogens (tertiary/aromatic N) is 1. The number of anilines is 1. The van der Waals surface area contributed by atoms with Crippen LogP contribution in [0, 0.1) is 11.6 Å². The van der Waals surface area contributed by atoms with Crippen molar-refractivity contribution in [2.75, 3.05) is 12.4 Å². The Morgan fingerprint density at radius 1 is 1.29 bits per heavy atom. The van der Waals surface area contributed by atoms with Gasteiger partial charge in [0.15, 0.2) is 0 Å². The first-order chi connectivity index (χ1) is 10.0. The molecule has 0 aliphatic rings. The molecule has 2 rings (SSSR count). The normalized spacial score (nSPS) is 11.8. The van der Waals surface area contributed by atoms with E-state index in [0.29, 0.717) is 11.3 Å². The molecule has 0 saturated carbocycles. The second kappa shape index (κ2) is 6.30. The maximum atomic E-state index is 13.5. The molecule has 1 aromatic carbocycles. The average Bonchev–Trinajstić information content (AvgIpc) is 2.48. The van der Waals surface area contributed by atoms with Crippen molar-refractivity contribution in [3.8, 4) is 0 Å². The third kappa shape index (κ3) is 3.53. The van der Waals surface area contributed by atoms with Gasteiger partial charge in [0.25, 0.3) is 0 Å². The molecule has 4 nitrogen and oxygen atoms in total. The van der Waals surface area contributed by atoms with Crippen LogP contribution in [0.2, 0.25) is 0 Å². The summed E-state index contributed by atoms with van der Waals surface area (Å²) in [7, 11) is 1.18. The van der Waals surface area contributed by atoms with Gasteiger partial charge >= 0.3 is 5.97 Å². The van der Waals surface area contributed by atoms with Crippen molar-refractivity contribution in [3.05, 3.63) is 59.4 Å². The summed E-state index contributed by atoms with van der Waals surface area (Å²) in [4.78, 5) is 15.2. The Morgan fingerprint density at radius 2 is 2.05 bits per heavy atom. The van der Waals surface area contributed by atoms with Crippen molar-refractivity contribution in [1.82, 2.24) is 4.98 Å². The summed E-state index contributed by atoms with van der Waals surface area (Å²) < 4.78 is 31.2. The van der Waals surface area contributed by atoms with Crippen molar-refractivity contribution >= 4 is 11.7 Å². The molecule has 2 aromatic rings. The first kappa shape index (κ1) is 14.9. The minimum absolute atomic E-state index is 0.160. The van der Waals surface area contributed by atoms with Gasteiger partial charge in [-0.05, 0) is 36.8 Å². The summed E-state index contributed by atoms with van der Waals surface area (Å²) in [6.45, 7) is 1.80. The van der Waals surface area contributed by atoms with Gasteiger partial charge in [-0.2, -0.15) is 0 Å². The first-order valence-corrected chi connectivity index (χ1v) is 6.26. The van der Waals surface area contributed by atoms with Crippen LogP contribution < -0.4 is 5.32 Å². The molecule has 1 atom stereocenters. The van der Waals surface area contributed by atoms with E-state index in [1.807, 2.05) is 0 Å². The molecule has 0 radical (unpaired) electrons. The largest absolute Gasteiger partial charge is 0.465 e. The lowest BCUT2D eigenvalue weighted by Gasteiger charge is -2.16. The molecule has 0 amide bonds. The Balaban J connectivity index is 2.21. The molecule has 0 aliphatic carbocycles. The number of hydrogen-bond donors (Lipinski definition) is 1. The fraction of sp³-hybridized carbons (Fsp3) is 0.200. The highest BCUT2D eigenvalue weighted by Crippen LogP contribution is 2.21. The van der Waals surface area contributed by atoms with Crippen LogP contribution in [0.3, 0.4) is 0 Å². The Kier molecular flexibility index (Phi) is 4.47. The van der Waals surface area contributed by atoms with Crippen LogP contribution in [0.15, 0.2) is 36.7 Å². The van der Waals surface area contributed by atoms with E-state index in [0.717, 1.165) is 6.20 Å². The number of carbonyl (C=O) groups is 1. The van der Waals surface area contributed by atoms with Crippen LogP contribution in [0.25, 0.3) is 0 Å². The summed E-state index contributed by atoms with van der Waals surface area (Å²) in [6.07, 6.45) is 2.65. The van der Waals surface area contributed by atoms with Gasteiger partial charge in [0.1, 0.15) is 11.6 Å². The number of halogens is 2. The number of aromatic nitrogens is 1. The lowest BCUT2D eigenvalue weighted by Crippen LogP contribution is -2.10. The third-order valence-electron chi connectivity index (χ3n) is 2.98. The lowest BCUT2D eigenvalue weighted by molar-refractivity contribution is 0.0595. The van der Waals surface area contributed by atoms with Gasteiger partial charge in [0, 0.05) is 11.9 Å². The molecular weight excluding hydrogens is 278 g/mol. The zero-order chi connectivity index (χ0) is 15.4. The van der Waals surface area contributed by atoms with Crippen LogP contribution in [0.5, 0.6) is 0 Å². The molecule has 1 heterocycles. The molecule has 1 unspecified atom stereocenters. The number of benzene rings is 1. The molecule has 0 fully saturated rings. The van der Waals surface area contributed by atoms with Gasteiger partial charge in [0.2, 0.25) is 0 Å². The highest BCUT2D eigenvalue weighted by molar-refractivity contribution is 5.90. The van der Waals surface area contributed by atoms with Crippen molar-refractivity contribution in [2.24, 2.45) is 0 Å². The second-order valence-corrected chi connectivity index (χ2v) is 4.49. The number of esters is 1. The summed E-state index contributed by atoms with van der Waals surface area (Å²) in [5, 5.41) is 3.05. The SMILES string of the molecule is COC(=O)c1cc(NC(C)c2cncc(F)c2)ccc1F. The fourth-order valence-corrected chi connectivity index (χ4v) is 1.88. The number of methoxy groups -OCH3 is 1. The Morgan fingerprint density at radius 3 is 2.71 bits per heavy atom. The first-order valence-electron chi connectivity index (χ1n) is 6.26. The summed E-state index contributed by atoms with van der Waals surface area (Å²) in [5.41, 5.74) is 1.000. The molecule has 110 valence electrons. The van der Waals surface area contributed by atoms with Gasteiger partial charge in [-0.25, -0.2) is 13.6 Å². The maximum Gasteiger partial charge on any atom is 0.340 e. The Bertz CT molecular complexity index is 662. The summed E-state index contributed by atoms with van der Waals surface area (Å²) >= 11 is 0. The van der Waals surface area contributed by atoms with Crippen molar-refractivity contribution in [3.63, 3.8) is 0 Å². The summed E-state index contributed by atoms with van der Waals surface area (Å²) in [5.74, 6) is -1.85. The molecule has 0 spiro atoms. The molecule has 0 aliphatic heterocycles. The number of carbonyl (C=O) groups excluding carboxylic acids is 1. The standard InChI is InChI=1S/C15H14F2N2O2/c1-9(10-5-11(16)8-18-7-10)19-12-3-4-14(17)13(6-12)15(20)21-2/h3-9,19H,1-2H3. The van der Waals surface area contributed by atoms with E-state index in [1.165, 1.54) is 37.6 Å². The molecule has 6 heteroatoms. The number of pyridine rings is 1. The van der Waals surface area contributed by atoms with Crippen LogP contribution in [-0.4, -0.2) is 18.1 Å². The fourth-order valence-electron chi connectivity index (χ4n) is 1.88. The average molecular weight is 292 g/mol. The topological polar surface area (TPSA) is 51.2 Å². The van der Waals surface area contributed by atoms with Crippen LogP contribution in [-0.2, 0) is 4.74 Å². The van der Waals surface area contributed by atoms with Gasteiger partial charge in [-0.15, -0.1) is 0 Å². The predicted molar refractivity (Wildman–Crippen MR) is 74.0 cm³/mol. The maximum absolute atomic E-state index is 13.5. The van der Waals surface area contributed by atoms with E-state index in [-0.39, 0.29) is 11.6 Å². The highest BCUT2D eigenvalue weighted by atomic mass is 19.1. The number of nitrogens with one attached hydrogen (secondary N) is 1. The zero-order valence-electron chi connectivity index (χ0n) is 11.6. The van der Waals surface area contributed by atoms with Gasteiger partial charge in [-0.3, -0.25) is 4.98 Å². The summed E-state index contributed by atoms with van der Waals surface area (Å²) in [6, 6.07) is 5.11. The van der Waals surface area contributed by atoms with E-state index < -0.39 is 17.6 Å². The molecule has 21 heavy (non-hydrogen) atoms. The molecular formula is C15H14F2N2O2. The predicted octanol–water partition coefficient (Wildman–Crippen LogP) is 3.32. The van der Waals surface area contributed by atoms with E-state index in [4.69, 9.17) is 0 Å². The smallest absolute Gasteiger partial charge is 0.340 e.